The predicted molar refractivity (Wildman–Crippen MR) is 64.3 cm³/mol. The van der Waals surface area contributed by atoms with E-state index >= 15 is 0 Å². The van der Waals surface area contributed by atoms with Gasteiger partial charge >= 0.3 is 6.36 Å². The highest BCUT2D eigenvalue weighted by molar-refractivity contribution is 5.40. The van der Waals surface area contributed by atoms with Crippen molar-refractivity contribution >= 4 is 0 Å². The Morgan fingerprint density at radius 1 is 1.15 bits per heavy atom. The molecule has 0 aliphatic carbocycles. The van der Waals surface area contributed by atoms with E-state index in [4.69, 9.17) is 5.84 Å². The smallest absolute Gasteiger partial charge is 0.405 e. The summed E-state index contributed by atoms with van der Waals surface area (Å²) in [6, 6.07) is 6.67. The minimum atomic E-state index is -4.77. The van der Waals surface area contributed by atoms with Crippen LogP contribution in [0.5, 0.6) is 5.75 Å². The van der Waals surface area contributed by atoms with Crippen LogP contribution in [0.4, 0.5) is 13.2 Å². The number of alkyl halides is 3. The van der Waals surface area contributed by atoms with Gasteiger partial charge in [0.1, 0.15) is 5.75 Å². The van der Waals surface area contributed by atoms with Gasteiger partial charge < -0.3 is 4.74 Å². The van der Waals surface area contributed by atoms with E-state index in [1.807, 2.05) is 0 Å². The van der Waals surface area contributed by atoms with E-state index < -0.39 is 12.4 Å². The van der Waals surface area contributed by atoms with Crippen LogP contribution in [0, 0.1) is 0 Å². The molecule has 106 valence electrons. The van der Waals surface area contributed by atoms with Crippen molar-refractivity contribution in [1.82, 2.24) is 15.6 Å². The highest BCUT2D eigenvalue weighted by Gasteiger charge is 2.33. The van der Waals surface area contributed by atoms with Crippen molar-refractivity contribution in [1.29, 1.82) is 0 Å². The number of rotatable bonds is 4. The van der Waals surface area contributed by atoms with Crippen LogP contribution >= 0.6 is 0 Å². The molecule has 0 aliphatic heterocycles. The van der Waals surface area contributed by atoms with Crippen LogP contribution in [-0.4, -0.2) is 16.6 Å². The van der Waals surface area contributed by atoms with Gasteiger partial charge in [-0.25, -0.2) is 5.43 Å². The Morgan fingerprint density at radius 3 is 2.50 bits per heavy atom. The van der Waals surface area contributed by atoms with E-state index in [1.165, 1.54) is 30.6 Å². The Balaban J connectivity index is 2.40. The number of nitrogens with two attached hydrogens (primary N) is 1. The Hall–Kier alpha value is -2.19. The summed E-state index contributed by atoms with van der Waals surface area (Å²) in [5.41, 5.74) is 3.27. The molecule has 2 rings (SSSR count). The van der Waals surface area contributed by atoms with E-state index in [1.54, 1.807) is 12.1 Å². The third kappa shape index (κ3) is 3.43. The summed E-state index contributed by atoms with van der Waals surface area (Å²) in [7, 11) is 0. The summed E-state index contributed by atoms with van der Waals surface area (Å²) in [6.07, 6.45) is -1.94. The summed E-state index contributed by atoms with van der Waals surface area (Å²) in [5, 5.41) is 7.28. The lowest BCUT2D eigenvalue weighted by molar-refractivity contribution is -0.275. The van der Waals surface area contributed by atoms with Gasteiger partial charge in [0.05, 0.1) is 12.2 Å². The predicted octanol–water partition coefficient (Wildman–Crippen LogP) is 1.93. The topological polar surface area (TPSA) is 73.1 Å². The fraction of sp³-hybridized carbons (Fsp3) is 0.167. The molecule has 3 N–H and O–H groups in total. The lowest BCUT2D eigenvalue weighted by Gasteiger charge is -2.20. The molecule has 2 aromatic rings. The number of hydrogen-bond donors (Lipinski definition) is 2. The molecule has 20 heavy (non-hydrogen) atoms. The van der Waals surface area contributed by atoms with Gasteiger partial charge in [0, 0.05) is 11.8 Å². The fourth-order valence-corrected chi connectivity index (χ4v) is 1.77. The number of halogens is 3. The van der Waals surface area contributed by atoms with E-state index in [-0.39, 0.29) is 11.3 Å². The molecule has 0 spiro atoms. The standard InChI is InChI=1S/C12H11F3N4O/c13-12(14,15)20-10-4-2-1-3-9(10)11(19-16)8-5-6-17-18-7-8/h1-7,11,19H,16H2. The molecule has 0 saturated heterocycles. The first-order chi connectivity index (χ1) is 9.51. The number of para-hydroxylation sites is 1. The maximum atomic E-state index is 12.4. The van der Waals surface area contributed by atoms with Gasteiger partial charge in [0.25, 0.3) is 0 Å². The first kappa shape index (κ1) is 14.2. The van der Waals surface area contributed by atoms with Crippen molar-refractivity contribution in [2.75, 3.05) is 0 Å². The Bertz CT molecular complexity index is 562. The van der Waals surface area contributed by atoms with Crippen molar-refractivity contribution in [3.8, 4) is 5.75 Å². The van der Waals surface area contributed by atoms with Gasteiger partial charge in [-0.3, -0.25) is 5.84 Å². The molecular formula is C12H11F3N4O. The van der Waals surface area contributed by atoms with E-state index in [9.17, 15) is 13.2 Å². The molecule has 0 saturated carbocycles. The number of benzene rings is 1. The van der Waals surface area contributed by atoms with Crippen LogP contribution in [0.3, 0.4) is 0 Å². The maximum Gasteiger partial charge on any atom is 0.573 e. The molecule has 0 aliphatic rings. The van der Waals surface area contributed by atoms with E-state index in [0.717, 1.165) is 0 Å². The van der Waals surface area contributed by atoms with Crippen LogP contribution in [-0.2, 0) is 0 Å². The molecular weight excluding hydrogens is 273 g/mol. The highest BCUT2D eigenvalue weighted by Crippen LogP contribution is 2.32. The molecule has 1 atom stereocenters. The Kier molecular flexibility index (Phi) is 4.16. The number of nitrogens with zero attached hydrogens (tertiary/aromatic N) is 2. The quantitative estimate of drug-likeness (QED) is 0.663. The molecule has 1 aromatic heterocycles. The fourth-order valence-electron chi connectivity index (χ4n) is 1.77. The summed E-state index contributed by atoms with van der Waals surface area (Å²) >= 11 is 0. The van der Waals surface area contributed by atoms with E-state index in [2.05, 4.69) is 20.4 Å². The van der Waals surface area contributed by atoms with Gasteiger partial charge in [-0.1, -0.05) is 18.2 Å². The van der Waals surface area contributed by atoms with Gasteiger partial charge in [-0.2, -0.15) is 10.2 Å². The van der Waals surface area contributed by atoms with Crippen molar-refractivity contribution < 1.29 is 17.9 Å². The largest absolute Gasteiger partial charge is 0.573 e. The molecule has 5 nitrogen and oxygen atoms in total. The van der Waals surface area contributed by atoms with Crippen molar-refractivity contribution in [2.24, 2.45) is 5.84 Å². The minimum absolute atomic E-state index is 0.250. The number of ether oxygens (including phenoxy) is 1. The average Bonchev–Trinajstić information content (AvgIpc) is 2.41. The summed E-state index contributed by atoms with van der Waals surface area (Å²) in [6.45, 7) is 0. The Morgan fingerprint density at radius 2 is 1.90 bits per heavy atom. The monoisotopic (exact) mass is 284 g/mol. The zero-order chi connectivity index (χ0) is 14.6. The Labute approximate surface area is 112 Å². The van der Waals surface area contributed by atoms with Gasteiger partial charge in [-0.05, 0) is 17.7 Å². The minimum Gasteiger partial charge on any atom is -0.405 e. The third-order valence-corrected chi connectivity index (χ3v) is 2.56. The normalized spacial score (nSPS) is 13.0. The van der Waals surface area contributed by atoms with Crippen LogP contribution in [0.25, 0.3) is 0 Å². The molecule has 1 unspecified atom stereocenters. The summed E-state index contributed by atoms with van der Waals surface area (Å²) in [5.74, 6) is 5.11. The van der Waals surface area contributed by atoms with Gasteiger partial charge in [0.2, 0.25) is 0 Å². The molecule has 1 aromatic carbocycles. The van der Waals surface area contributed by atoms with Crippen molar-refractivity contribution in [3.05, 3.63) is 53.9 Å². The van der Waals surface area contributed by atoms with Crippen LogP contribution in [0.2, 0.25) is 0 Å². The van der Waals surface area contributed by atoms with Crippen LogP contribution in [0.15, 0.2) is 42.7 Å². The lowest BCUT2D eigenvalue weighted by atomic mass is 10.0. The second-order valence-electron chi connectivity index (χ2n) is 3.86. The third-order valence-electron chi connectivity index (χ3n) is 2.56. The molecule has 0 bridgehead atoms. The highest BCUT2D eigenvalue weighted by atomic mass is 19.4. The first-order valence-corrected chi connectivity index (χ1v) is 5.58. The van der Waals surface area contributed by atoms with Crippen molar-refractivity contribution in [2.45, 2.75) is 12.4 Å². The average molecular weight is 284 g/mol. The van der Waals surface area contributed by atoms with Crippen LogP contribution < -0.4 is 16.0 Å². The second kappa shape index (κ2) is 5.85. The van der Waals surface area contributed by atoms with Gasteiger partial charge in [0.15, 0.2) is 0 Å². The zero-order valence-corrected chi connectivity index (χ0v) is 10.1. The molecule has 0 amide bonds. The SMILES string of the molecule is NNC(c1ccnnc1)c1ccccc1OC(F)(F)F. The van der Waals surface area contributed by atoms with Crippen molar-refractivity contribution in [3.63, 3.8) is 0 Å². The zero-order valence-electron chi connectivity index (χ0n) is 10.1. The van der Waals surface area contributed by atoms with E-state index in [0.29, 0.717) is 5.56 Å². The molecule has 0 radical (unpaired) electrons. The van der Waals surface area contributed by atoms with Crippen LogP contribution in [0.1, 0.15) is 17.2 Å². The lowest BCUT2D eigenvalue weighted by Crippen LogP contribution is -2.30. The summed E-state index contributed by atoms with van der Waals surface area (Å²) < 4.78 is 41.2. The molecule has 1 heterocycles. The second-order valence-corrected chi connectivity index (χ2v) is 3.86. The summed E-state index contributed by atoms with van der Waals surface area (Å²) in [4.78, 5) is 0. The van der Waals surface area contributed by atoms with Gasteiger partial charge in [-0.15, -0.1) is 13.2 Å². The molecule has 8 heteroatoms. The first-order valence-electron chi connectivity index (χ1n) is 5.58. The number of hydrazine groups is 1. The number of aromatic nitrogens is 2. The number of hydrogen-bond acceptors (Lipinski definition) is 5. The maximum absolute atomic E-state index is 12.4. The number of nitrogens with one attached hydrogen (secondary N) is 1. The molecule has 0 fully saturated rings.